The zero-order valence-electron chi connectivity index (χ0n) is 17.5. The van der Waals surface area contributed by atoms with Crippen molar-refractivity contribution in [3.63, 3.8) is 0 Å². The molecule has 1 aromatic rings. The fourth-order valence-electron chi connectivity index (χ4n) is 3.93. The number of nitrogens with one attached hydrogen (secondary N) is 2. The minimum absolute atomic E-state index is 0.0740. The summed E-state index contributed by atoms with van der Waals surface area (Å²) in [5, 5.41) is 5.66. The van der Waals surface area contributed by atoms with Gasteiger partial charge in [-0.1, -0.05) is 31.0 Å². The molecule has 1 aliphatic heterocycles. The summed E-state index contributed by atoms with van der Waals surface area (Å²) in [4.78, 5) is 38.6. The number of hydrogen-bond donors (Lipinski definition) is 2. The van der Waals surface area contributed by atoms with Crippen molar-refractivity contribution in [2.45, 2.75) is 44.6 Å². The lowest BCUT2D eigenvalue weighted by molar-refractivity contribution is -0.148. The van der Waals surface area contributed by atoms with Crippen molar-refractivity contribution in [3.8, 4) is 5.75 Å². The maximum absolute atomic E-state index is 12.4. The summed E-state index contributed by atoms with van der Waals surface area (Å²) >= 11 is 5.38. The summed E-state index contributed by atoms with van der Waals surface area (Å²) in [6.07, 6.45) is 4.73. The van der Waals surface area contributed by atoms with Crippen molar-refractivity contribution in [1.82, 2.24) is 15.5 Å². The molecule has 168 valence electrons. The summed E-state index contributed by atoms with van der Waals surface area (Å²) in [5.41, 5.74) is 0. The molecule has 2 N–H and O–H groups in total. The molecule has 1 atom stereocenters. The zero-order valence-corrected chi connectivity index (χ0v) is 18.3. The molecule has 2 fully saturated rings. The maximum atomic E-state index is 12.4. The summed E-state index contributed by atoms with van der Waals surface area (Å²) in [7, 11) is 0. The van der Waals surface area contributed by atoms with Gasteiger partial charge >= 0.3 is 5.97 Å². The normalized spacial score (nSPS) is 18.9. The standard InChI is InChI=1S/C22H29N3O5S/c26-19(14-16-6-4-5-7-16)24-22(31)25-11-10-23-21(28)18(25)15-20(27)30-13-12-29-17-8-2-1-3-9-17/h1-3,8-9,16,18H,4-7,10-15H2,(H,23,28)(H,24,26,31). The number of carbonyl (C=O) groups is 3. The van der Waals surface area contributed by atoms with Crippen LogP contribution in [-0.2, 0) is 19.1 Å². The summed E-state index contributed by atoms with van der Waals surface area (Å²) in [6, 6.07) is 8.41. The van der Waals surface area contributed by atoms with Crippen molar-refractivity contribution in [1.29, 1.82) is 0 Å². The van der Waals surface area contributed by atoms with Crippen LogP contribution in [0.1, 0.15) is 38.5 Å². The summed E-state index contributed by atoms with van der Waals surface area (Å²) in [5.74, 6) is 0.119. The number of rotatable bonds is 8. The van der Waals surface area contributed by atoms with E-state index in [1.165, 1.54) is 0 Å². The molecule has 1 unspecified atom stereocenters. The van der Waals surface area contributed by atoms with Gasteiger partial charge in [-0.3, -0.25) is 14.4 Å². The summed E-state index contributed by atoms with van der Waals surface area (Å²) in [6.45, 7) is 1.11. The molecule has 0 aromatic heterocycles. The average Bonchev–Trinajstić information content (AvgIpc) is 3.26. The van der Waals surface area contributed by atoms with E-state index in [0.29, 0.717) is 31.2 Å². The fraction of sp³-hybridized carbons (Fsp3) is 0.545. The number of esters is 1. The molecule has 1 aliphatic carbocycles. The van der Waals surface area contributed by atoms with Crippen molar-refractivity contribution in [3.05, 3.63) is 30.3 Å². The molecule has 1 saturated carbocycles. The van der Waals surface area contributed by atoms with Crippen LogP contribution in [0.4, 0.5) is 0 Å². The Labute approximate surface area is 187 Å². The second-order valence-corrected chi connectivity index (χ2v) is 8.18. The lowest BCUT2D eigenvalue weighted by atomic mass is 10.0. The van der Waals surface area contributed by atoms with Crippen LogP contribution in [0.15, 0.2) is 30.3 Å². The monoisotopic (exact) mass is 447 g/mol. The Morgan fingerprint density at radius 2 is 1.87 bits per heavy atom. The average molecular weight is 448 g/mol. The predicted molar refractivity (Wildman–Crippen MR) is 118 cm³/mol. The van der Waals surface area contributed by atoms with Gasteiger partial charge < -0.3 is 25.0 Å². The van der Waals surface area contributed by atoms with Crippen LogP contribution in [0.5, 0.6) is 5.75 Å². The number of ether oxygens (including phenoxy) is 2. The van der Waals surface area contributed by atoms with Gasteiger partial charge in [-0.15, -0.1) is 0 Å². The molecular weight excluding hydrogens is 418 g/mol. The number of amides is 2. The minimum atomic E-state index is -0.810. The first-order valence-corrected chi connectivity index (χ1v) is 11.2. The molecule has 0 radical (unpaired) electrons. The van der Waals surface area contributed by atoms with Crippen LogP contribution in [0.2, 0.25) is 0 Å². The van der Waals surface area contributed by atoms with Crippen LogP contribution in [-0.4, -0.2) is 60.1 Å². The topological polar surface area (TPSA) is 97.0 Å². The number of carbonyl (C=O) groups excluding carboxylic acids is 3. The van der Waals surface area contributed by atoms with Crippen LogP contribution >= 0.6 is 12.2 Å². The highest BCUT2D eigenvalue weighted by molar-refractivity contribution is 7.80. The molecule has 9 heteroatoms. The van der Waals surface area contributed by atoms with Gasteiger partial charge in [0.05, 0.1) is 6.42 Å². The molecule has 31 heavy (non-hydrogen) atoms. The van der Waals surface area contributed by atoms with Gasteiger partial charge in [-0.2, -0.15) is 0 Å². The van der Waals surface area contributed by atoms with E-state index in [9.17, 15) is 14.4 Å². The molecule has 2 amide bonds. The van der Waals surface area contributed by atoms with Gasteiger partial charge in [0.1, 0.15) is 25.0 Å². The molecule has 0 bridgehead atoms. The van der Waals surface area contributed by atoms with Crippen LogP contribution in [0, 0.1) is 5.92 Å². The van der Waals surface area contributed by atoms with E-state index in [1.54, 1.807) is 4.90 Å². The van der Waals surface area contributed by atoms with Crippen molar-refractivity contribution < 1.29 is 23.9 Å². The van der Waals surface area contributed by atoms with E-state index in [1.807, 2.05) is 30.3 Å². The second kappa shape index (κ2) is 11.6. The van der Waals surface area contributed by atoms with Gasteiger partial charge in [0.15, 0.2) is 5.11 Å². The lowest BCUT2D eigenvalue weighted by Crippen LogP contribution is -2.60. The third kappa shape index (κ3) is 7.20. The number of nitrogens with zero attached hydrogens (tertiary/aromatic N) is 1. The summed E-state index contributed by atoms with van der Waals surface area (Å²) < 4.78 is 10.7. The van der Waals surface area contributed by atoms with Gasteiger partial charge in [-0.25, -0.2) is 0 Å². The molecule has 0 spiro atoms. The van der Waals surface area contributed by atoms with Crippen LogP contribution < -0.4 is 15.4 Å². The predicted octanol–water partition coefficient (Wildman–Crippen LogP) is 1.78. The number of benzene rings is 1. The van der Waals surface area contributed by atoms with E-state index in [0.717, 1.165) is 25.7 Å². The first-order valence-electron chi connectivity index (χ1n) is 10.7. The van der Waals surface area contributed by atoms with E-state index in [-0.39, 0.29) is 36.6 Å². The highest BCUT2D eigenvalue weighted by Gasteiger charge is 2.34. The Morgan fingerprint density at radius 3 is 2.61 bits per heavy atom. The number of piperazine rings is 1. The van der Waals surface area contributed by atoms with Crippen LogP contribution in [0.25, 0.3) is 0 Å². The maximum Gasteiger partial charge on any atom is 0.308 e. The van der Waals surface area contributed by atoms with E-state index in [2.05, 4.69) is 10.6 Å². The highest BCUT2D eigenvalue weighted by Crippen LogP contribution is 2.27. The molecule has 1 heterocycles. The Bertz CT molecular complexity index is 783. The molecule has 1 saturated heterocycles. The Hall–Kier alpha value is -2.68. The van der Waals surface area contributed by atoms with E-state index >= 15 is 0 Å². The third-order valence-electron chi connectivity index (χ3n) is 5.51. The van der Waals surface area contributed by atoms with Crippen molar-refractivity contribution in [2.24, 2.45) is 5.92 Å². The van der Waals surface area contributed by atoms with Crippen molar-refractivity contribution >= 4 is 35.1 Å². The molecule has 8 nitrogen and oxygen atoms in total. The minimum Gasteiger partial charge on any atom is -0.490 e. The molecule has 3 rings (SSSR count). The smallest absolute Gasteiger partial charge is 0.308 e. The number of thiocarbonyl (C=S) groups is 1. The lowest BCUT2D eigenvalue weighted by Gasteiger charge is -2.36. The Kier molecular flexibility index (Phi) is 8.63. The van der Waals surface area contributed by atoms with Crippen molar-refractivity contribution in [2.75, 3.05) is 26.3 Å². The fourth-order valence-corrected chi connectivity index (χ4v) is 4.26. The number of para-hydroxylation sites is 1. The quantitative estimate of drug-likeness (QED) is 0.356. The third-order valence-corrected chi connectivity index (χ3v) is 5.84. The first kappa shape index (κ1) is 23.0. The van der Waals surface area contributed by atoms with Gasteiger partial charge in [0, 0.05) is 19.5 Å². The van der Waals surface area contributed by atoms with Crippen LogP contribution in [0.3, 0.4) is 0 Å². The molecule has 2 aliphatic rings. The van der Waals surface area contributed by atoms with E-state index < -0.39 is 12.0 Å². The SMILES string of the molecule is O=C(CC1CCCC1)NC(=S)N1CCNC(=O)C1CC(=O)OCCOc1ccccc1. The number of hydrogen-bond acceptors (Lipinski definition) is 6. The van der Waals surface area contributed by atoms with Gasteiger partial charge in [0.2, 0.25) is 11.8 Å². The highest BCUT2D eigenvalue weighted by atomic mass is 32.1. The molecular formula is C22H29N3O5S. The largest absolute Gasteiger partial charge is 0.490 e. The molecule has 1 aromatic carbocycles. The first-order chi connectivity index (χ1) is 15.0. The van der Waals surface area contributed by atoms with E-state index in [4.69, 9.17) is 21.7 Å². The Balaban J connectivity index is 1.45. The van der Waals surface area contributed by atoms with Gasteiger partial charge in [0.25, 0.3) is 0 Å². The zero-order chi connectivity index (χ0) is 22.1. The second-order valence-electron chi connectivity index (χ2n) is 7.79. The van der Waals surface area contributed by atoms with Gasteiger partial charge in [-0.05, 0) is 43.1 Å². The Morgan fingerprint density at radius 1 is 1.13 bits per heavy atom.